The van der Waals surface area contributed by atoms with Crippen molar-refractivity contribution in [3.8, 4) is 5.75 Å². The van der Waals surface area contributed by atoms with E-state index in [1.165, 1.54) is 0 Å². The van der Waals surface area contributed by atoms with E-state index in [1.54, 1.807) is 30.5 Å². The van der Waals surface area contributed by atoms with Crippen molar-refractivity contribution in [3.63, 3.8) is 0 Å². The fraction of sp³-hybridized carbons (Fsp3) is 0.500. The Morgan fingerprint density at radius 2 is 2.20 bits per heavy atom. The lowest BCUT2D eigenvalue weighted by Crippen LogP contribution is -2.45. The lowest BCUT2D eigenvalue weighted by Gasteiger charge is -2.22. The largest absolute Gasteiger partial charge is 0.433 e. The van der Waals surface area contributed by atoms with Gasteiger partial charge in [0.1, 0.15) is 5.75 Å². The molecule has 1 unspecified atom stereocenters. The van der Waals surface area contributed by atoms with Gasteiger partial charge in [-0.05, 0) is 25.0 Å². The Bertz CT molecular complexity index is 820. The van der Waals surface area contributed by atoms with E-state index in [-0.39, 0.29) is 35.8 Å². The van der Waals surface area contributed by atoms with Gasteiger partial charge in [-0.25, -0.2) is 4.98 Å². The summed E-state index contributed by atoms with van der Waals surface area (Å²) in [6.07, 6.45) is 2.69. The number of ether oxygens (including phenoxy) is 1. The molecule has 0 aliphatic carbocycles. The van der Waals surface area contributed by atoms with Gasteiger partial charge in [0.2, 0.25) is 0 Å². The summed E-state index contributed by atoms with van der Waals surface area (Å²) >= 11 is 1.70. The smallest absolute Gasteiger partial charge is 0.387 e. The number of hydrogen-bond acceptors (Lipinski definition) is 5. The van der Waals surface area contributed by atoms with Crippen molar-refractivity contribution in [2.45, 2.75) is 38.8 Å². The van der Waals surface area contributed by atoms with Crippen LogP contribution in [-0.4, -0.2) is 50.3 Å². The van der Waals surface area contributed by atoms with E-state index in [2.05, 4.69) is 42.6 Å². The van der Waals surface area contributed by atoms with E-state index in [4.69, 9.17) is 0 Å². The molecule has 3 rings (SSSR count). The molecule has 30 heavy (non-hydrogen) atoms. The average Bonchev–Trinajstić information content (AvgIpc) is 3.36. The molecule has 0 saturated carbocycles. The minimum absolute atomic E-state index is 0. The second-order valence-corrected chi connectivity index (χ2v) is 7.70. The minimum Gasteiger partial charge on any atom is -0.433 e. The molecule has 1 atom stereocenters. The van der Waals surface area contributed by atoms with Crippen LogP contribution < -0.4 is 20.3 Å². The summed E-state index contributed by atoms with van der Waals surface area (Å²) in [6.45, 7) is 1.47. The number of para-hydroxylation sites is 2. The summed E-state index contributed by atoms with van der Waals surface area (Å²) in [6, 6.07) is 7.09. The van der Waals surface area contributed by atoms with E-state index in [9.17, 15) is 8.78 Å². The number of thiazole rings is 1. The van der Waals surface area contributed by atoms with Gasteiger partial charge in [-0.1, -0.05) is 19.1 Å². The molecule has 2 aromatic rings. The number of nitrogens with one attached hydrogen (secondary N) is 2. The van der Waals surface area contributed by atoms with Crippen molar-refractivity contribution >= 4 is 47.0 Å². The predicted molar refractivity (Wildman–Crippen MR) is 129 cm³/mol. The first-order valence-corrected chi connectivity index (χ1v) is 10.7. The van der Waals surface area contributed by atoms with Gasteiger partial charge in [-0.3, -0.25) is 4.99 Å². The lowest BCUT2D eigenvalue weighted by atomic mass is 10.2. The third kappa shape index (κ3) is 6.93. The van der Waals surface area contributed by atoms with Crippen molar-refractivity contribution in [1.82, 2.24) is 15.6 Å². The number of aryl methyl sites for hydroxylation is 1. The molecule has 1 aliphatic rings. The Labute approximate surface area is 197 Å². The number of guanidine groups is 1. The number of aliphatic imine (C=N–C) groups is 1. The molecule has 1 aromatic carbocycles. The summed E-state index contributed by atoms with van der Waals surface area (Å²) in [7, 11) is 1.74. The molecular formula is C20H28F2IN5OS. The van der Waals surface area contributed by atoms with E-state index >= 15 is 0 Å². The fourth-order valence-electron chi connectivity index (χ4n) is 3.33. The standard InChI is InChI=1S/C20H27F2N5OS.HI/c1-3-18-25-15(13-29-18)8-10-24-20(23-2)26-14-9-11-27(12-14)16-6-4-5-7-17(16)28-19(21)22;/h4-7,13-14,19H,3,8-12H2,1-2H3,(H2,23,24,26);1H. The molecular weight excluding hydrogens is 523 g/mol. The first kappa shape index (κ1) is 24.6. The maximum absolute atomic E-state index is 12.7. The van der Waals surface area contributed by atoms with Crippen LogP contribution in [0, 0.1) is 0 Å². The van der Waals surface area contributed by atoms with Crippen LogP contribution in [0.3, 0.4) is 0 Å². The molecule has 2 heterocycles. The molecule has 1 aliphatic heterocycles. The van der Waals surface area contributed by atoms with Crippen molar-refractivity contribution in [2.24, 2.45) is 4.99 Å². The predicted octanol–water partition coefficient (Wildman–Crippen LogP) is 3.91. The quantitative estimate of drug-likeness (QED) is 0.296. The maximum atomic E-state index is 12.7. The third-order valence-corrected chi connectivity index (χ3v) is 5.79. The number of hydrogen-bond donors (Lipinski definition) is 2. The highest BCUT2D eigenvalue weighted by Gasteiger charge is 2.26. The second-order valence-electron chi connectivity index (χ2n) is 6.76. The summed E-state index contributed by atoms with van der Waals surface area (Å²) < 4.78 is 30.0. The molecule has 0 spiro atoms. The Morgan fingerprint density at radius 3 is 2.90 bits per heavy atom. The van der Waals surface area contributed by atoms with Crippen molar-refractivity contribution in [1.29, 1.82) is 0 Å². The topological polar surface area (TPSA) is 61.8 Å². The molecule has 6 nitrogen and oxygen atoms in total. The number of anilines is 1. The Balaban J connectivity index is 0.00000320. The van der Waals surface area contributed by atoms with E-state index in [1.807, 2.05) is 12.1 Å². The zero-order valence-corrected chi connectivity index (χ0v) is 20.3. The molecule has 1 saturated heterocycles. The molecule has 1 aromatic heterocycles. The number of halogens is 3. The van der Waals surface area contributed by atoms with E-state index in [0.717, 1.165) is 49.0 Å². The number of aromatic nitrogens is 1. The zero-order chi connectivity index (χ0) is 20.6. The van der Waals surface area contributed by atoms with Gasteiger partial charge in [0.15, 0.2) is 5.96 Å². The van der Waals surface area contributed by atoms with Crippen LogP contribution in [0.2, 0.25) is 0 Å². The second kappa shape index (κ2) is 12.2. The van der Waals surface area contributed by atoms with Gasteiger partial charge in [-0.15, -0.1) is 35.3 Å². The first-order chi connectivity index (χ1) is 14.1. The maximum Gasteiger partial charge on any atom is 0.387 e. The number of benzene rings is 1. The van der Waals surface area contributed by atoms with Crippen LogP contribution in [0.15, 0.2) is 34.6 Å². The van der Waals surface area contributed by atoms with E-state index < -0.39 is 6.61 Å². The van der Waals surface area contributed by atoms with Gasteiger partial charge in [0, 0.05) is 44.5 Å². The zero-order valence-electron chi connectivity index (χ0n) is 17.1. The van der Waals surface area contributed by atoms with Crippen LogP contribution >= 0.6 is 35.3 Å². The van der Waals surface area contributed by atoms with Crippen LogP contribution in [0.5, 0.6) is 5.75 Å². The minimum atomic E-state index is -2.83. The highest BCUT2D eigenvalue weighted by Crippen LogP contribution is 2.31. The number of alkyl halides is 2. The highest BCUT2D eigenvalue weighted by molar-refractivity contribution is 14.0. The van der Waals surface area contributed by atoms with Crippen LogP contribution in [0.4, 0.5) is 14.5 Å². The summed E-state index contributed by atoms with van der Waals surface area (Å²) in [5, 5.41) is 10.0. The highest BCUT2D eigenvalue weighted by atomic mass is 127. The van der Waals surface area contributed by atoms with Gasteiger partial charge in [0.25, 0.3) is 0 Å². The van der Waals surface area contributed by atoms with Gasteiger partial charge in [0.05, 0.1) is 16.4 Å². The normalized spacial score (nSPS) is 16.5. The SMILES string of the molecule is CCc1nc(CCNC(=NC)NC2CCN(c3ccccc3OC(F)F)C2)cs1.I. The van der Waals surface area contributed by atoms with E-state index in [0.29, 0.717) is 12.2 Å². The Morgan fingerprint density at radius 1 is 1.40 bits per heavy atom. The first-order valence-electron chi connectivity index (χ1n) is 9.78. The van der Waals surface area contributed by atoms with Gasteiger partial charge < -0.3 is 20.3 Å². The molecule has 0 radical (unpaired) electrons. The third-order valence-electron chi connectivity index (χ3n) is 4.75. The monoisotopic (exact) mass is 551 g/mol. The summed E-state index contributed by atoms with van der Waals surface area (Å²) in [5.74, 6) is 0.945. The van der Waals surface area contributed by atoms with Crippen molar-refractivity contribution in [3.05, 3.63) is 40.3 Å². The average molecular weight is 551 g/mol. The number of nitrogens with zero attached hydrogens (tertiary/aromatic N) is 3. The molecule has 0 bridgehead atoms. The molecule has 1 fully saturated rings. The van der Waals surface area contributed by atoms with Gasteiger partial charge in [-0.2, -0.15) is 8.78 Å². The summed E-state index contributed by atoms with van der Waals surface area (Å²) in [5.41, 5.74) is 1.78. The Kier molecular flexibility index (Phi) is 10.0. The molecule has 0 amide bonds. The van der Waals surface area contributed by atoms with Gasteiger partial charge >= 0.3 is 6.61 Å². The van der Waals surface area contributed by atoms with Crippen LogP contribution in [-0.2, 0) is 12.8 Å². The van der Waals surface area contributed by atoms with Crippen LogP contribution in [0.25, 0.3) is 0 Å². The lowest BCUT2D eigenvalue weighted by molar-refractivity contribution is -0.0495. The molecule has 10 heteroatoms. The molecule has 166 valence electrons. The summed E-state index contributed by atoms with van der Waals surface area (Å²) in [4.78, 5) is 10.9. The Hall–Kier alpha value is -1.69. The van der Waals surface area contributed by atoms with Crippen molar-refractivity contribution in [2.75, 3.05) is 31.6 Å². The van der Waals surface area contributed by atoms with Crippen molar-refractivity contribution < 1.29 is 13.5 Å². The fourth-order valence-corrected chi connectivity index (χ4v) is 4.11. The molecule has 2 N–H and O–H groups in total. The number of rotatable bonds is 8. The van der Waals surface area contributed by atoms with Crippen LogP contribution in [0.1, 0.15) is 24.0 Å².